The molecule has 0 aliphatic rings. The van der Waals surface area contributed by atoms with Gasteiger partial charge in [-0.3, -0.25) is 4.79 Å². The molecule has 0 radical (unpaired) electrons. The number of ether oxygens (including phenoxy) is 1. The van der Waals surface area contributed by atoms with Gasteiger partial charge in [-0.2, -0.15) is 0 Å². The number of para-hydroxylation sites is 1. The summed E-state index contributed by atoms with van der Waals surface area (Å²) in [6.07, 6.45) is 0. The van der Waals surface area contributed by atoms with Crippen molar-refractivity contribution in [3.05, 3.63) is 60.2 Å². The number of benzene rings is 2. The van der Waals surface area contributed by atoms with E-state index in [0.717, 1.165) is 10.6 Å². The van der Waals surface area contributed by atoms with Crippen LogP contribution in [0.5, 0.6) is 5.75 Å². The Hall–Kier alpha value is -1.94. The maximum absolute atomic E-state index is 12.0. The zero-order chi connectivity index (χ0) is 15.8. The molecule has 0 aromatic heterocycles. The van der Waals surface area contributed by atoms with Crippen molar-refractivity contribution in [1.82, 2.24) is 5.32 Å². The molecule has 2 aromatic carbocycles. The van der Waals surface area contributed by atoms with Crippen LogP contribution < -0.4 is 10.1 Å². The predicted octanol–water partition coefficient (Wildman–Crippen LogP) is 3.67. The van der Waals surface area contributed by atoms with E-state index in [-0.39, 0.29) is 11.2 Å². The van der Waals surface area contributed by atoms with E-state index in [0.29, 0.717) is 13.2 Å². The van der Waals surface area contributed by atoms with Crippen LogP contribution in [-0.2, 0) is 4.79 Å². The lowest BCUT2D eigenvalue weighted by Crippen LogP contribution is -2.33. The van der Waals surface area contributed by atoms with Crippen molar-refractivity contribution in [2.24, 2.45) is 0 Å². The Morgan fingerprint density at radius 3 is 2.50 bits per heavy atom. The minimum atomic E-state index is -0.126. The first-order valence-corrected chi connectivity index (χ1v) is 8.22. The van der Waals surface area contributed by atoms with Crippen molar-refractivity contribution < 1.29 is 9.53 Å². The highest BCUT2D eigenvalue weighted by molar-refractivity contribution is 8.00. The predicted molar refractivity (Wildman–Crippen MR) is 91.4 cm³/mol. The summed E-state index contributed by atoms with van der Waals surface area (Å²) in [5, 5.41) is 2.77. The van der Waals surface area contributed by atoms with Gasteiger partial charge in [-0.25, -0.2) is 0 Å². The monoisotopic (exact) mass is 315 g/mol. The second kappa shape index (κ2) is 8.49. The lowest BCUT2D eigenvalue weighted by molar-refractivity contribution is -0.120. The number of carbonyl (C=O) groups excluding carboxylic acids is 1. The highest BCUT2D eigenvalue weighted by Gasteiger charge is 2.13. The third-order valence-corrected chi connectivity index (χ3v) is 4.23. The van der Waals surface area contributed by atoms with Gasteiger partial charge in [0, 0.05) is 4.90 Å². The van der Waals surface area contributed by atoms with Crippen LogP contribution in [0.3, 0.4) is 0 Å². The molecule has 0 aliphatic heterocycles. The molecular weight excluding hydrogens is 294 g/mol. The second-order valence-electron chi connectivity index (χ2n) is 5.03. The summed E-state index contributed by atoms with van der Waals surface area (Å²) >= 11 is 1.56. The Morgan fingerprint density at radius 2 is 1.82 bits per heavy atom. The number of rotatable bonds is 7. The zero-order valence-electron chi connectivity index (χ0n) is 12.9. The van der Waals surface area contributed by atoms with Crippen molar-refractivity contribution in [2.75, 3.05) is 13.2 Å². The van der Waals surface area contributed by atoms with E-state index >= 15 is 0 Å². The molecule has 22 heavy (non-hydrogen) atoms. The number of carbonyl (C=O) groups is 1. The van der Waals surface area contributed by atoms with Crippen LogP contribution in [0.2, 0.25) is 0 Å². The average molecular weight is 315 g/mol. The fraction of sp³-hybridized carbons (Fsp3) is 0.278. The molecule has 0 saturated heterocycles. The van der Waals surface area contributed by atoms with Crippen molar-refractivity contribution in [2.45, 2.75) is 24.0 Å². The first-order valence-electron chi connectivity index (χ1n) is 7.34. The van der Waals surface area contributed by atoms with Gasteiger partial charge in [-0.1, -0.05) is 35.9 Å². The van der Waals surface area contributed by atoms with E-state index in [2.05, 4.69) is 24.4 Å². The van der Waals surface area contributed by atoms with Gasteiger partial charge in [0.05, 0.1) is 11.8 Å². The van der Waals surface area contributed by atoms with Crippen molar-refractivity contribution in [1.29, 1.82) is 0 Å². The van der Waals surface area contributed by atoms with Crippen LogP contribution in [0, 0.1) is 6.92 Å². The van der Waals surface area contributed by atoms with Crippen LogP contribution in [0.15, 0.2) is 59.5 Å². The third-order valence-electron chi connectivity index (χ3n) is 3.12. The summed E-state index contributed by atoms with van der Waals surface area (Å²) in [5.41, 5.74) is 1.22. The molecule has 3 nitrogen and oxygen atoms in total. The van der Waals surface area contributed by atoms with Crippen molar-refractivity contribution in [3.63, 3.8) is 0 Å². The summed E-state index contributed by atoms with van der Waals surface area (Å²) in [7, 11) is 0. The van der Waals surface area contributed by atoms with Gasteiger partial charge >= 0.3 is 0 Å². The van der Waals surface area contributed by atoms with Crippen LogP contribution in [0.1, 0.15) is 12.5 Å². The van der Waals surface area contributed by atoms with Crippen LogP contribution in [0.4, 0.5) is 0 Å². The van der Waals surface area contributed by atoms with Gasteiger partial charge in [-0.15, -0.1) is 11.8 Å². The van der Waals surface area contributed by atoms with E-state index in [1.54, 1.807) is 11.8 Å². The summed E-state index contributed by atoms with van der Waals surface area (Å²) < 4.78 is 5.55. The normalized spacial score (nSPS) is 11.7. The van der Waals surface area contributed by atoms with Crippen molar-refractivity contribution >= 4 is 17.7 Å². The molecule has 1 atom stereocenters. The minimum absolute atomic E-state index is 0.0298. The fourth-order valence-corrected chi connectivity index (χ4v) is 2.77. The zero-order valence-corrected chi connectivity index (χ0v) is 13.7. The van der Waals surface area contributed by atoms with E-state index < -0.39 is 0 Å². The van der Waals surface area contributed by atoms with Gasteiger partial charge < -0.3 is 10.1 Å². The molecule has 1 N–H and O–H groups in total. The quantitative estimate of drug-likeness (QED) is 0.626. The van der Waals surface area contributed by atoms with E-state index in [9.17, 15) is 4.79 Å². The molecule has 0 aliphatic carbocycles. The molecule has 0 bridgehead atoms. The maximum Gasteiger partial charge on any atom is 0.233 e. The van der Waals surface area contributed by atoms with Crippen LogP contribution in [0.25, 0.3) is 0 Å². The highest BCUT2D eigenvalue weighted by Crippen LogP contribution is 2.23. The largest absolute Gasteiger partial charge is 0.492 e. The van der Waals surface area contributed by atoms with Gasteiger partial charge in [0.15, 0.2) is 0 Å². The summed E-state index contributed by atoms with van der Waals surface area (Å²) in [5.74, 6) is 0.848. The Kier molecular flexibility index (Phi) is 6.34. The Balaban J connectivity index is 1.69. The van der Waals surface area contributed by atoms with Crippen LogP contribution >= 0.6 is 11.8 Å². The topological polar surface area (TPSA) is 38.3 Å². The van der Waals surface area contributed by atoms with Gasteiger partial charge in [0.25, 0.3) is 0 Å². The van der Waals surface area contributed by atoms with Gasteiger partial charge in [0.1, 0.15) is 12.4 Å². The van der Waals surface area contributed by atoms with Gasteiger partial charge in [-0.05, 0) is 38.1 Å². The lowest BCUT2D eigenvalue weighted by atomic mass is 10.2. The molecule has 1 amide bonds. The molecule has 1 unspecified atom stereocenters. The van der Waals surface area contributed by atoms with Crippen molar-refractivity contribution in [3.8, 4) is 5.75 Å². The molecule has 0 fully saturated rings. The smallest absolute Gasteiger partial charge is 0.233 e. The van der Waals surface area contributed by atoms with E-state index in [1.807, 2.05) is 49.4 Å². The molecule has 2 rings (SSSR count). The molecule has 0 heterocycles. The standard InChI is InChI=1S/C18H21NO2S/c1-14-8-10-17(11-9-14)22-15(2)18(20)19-12-13-21-16-6-4-3-5-7-16/h3-11,15H,12-13H2,1-2H3,(H,19,20). The molecule has 116 valence electrons. The SMILES string of the molecule is Cc1ccc(SC(C)C(=O)NCCOc2ccccc2)cc1. The summed E-state index contributed by atoms with van der Waals surface area (Å²) in [6.45, 7) is 4.94. The first kappa shape index (κ1) is 16.4. The first-order chi connectivity index (χ1) is 10.6. The number of hydrogen-bond acceptors (Lipinski definition) is 3. The summed E-state index contributed by atoms with van der Waals surface area (Å²) in [6, 6.07) is 17.8. The second-order valence-corrected chi connectivity index (χ2v) is 6.44. The number of nitrogens with one attached hydrogen (secondary N) is 1. The summed E-state index contributed by atoms with van der Waals surface area (Å²) in [4.78, 5) is 13.1. The number of thioether (sulfide) groups is 1. The van der Waals surface area contributed by atoms with Crippen LogP contribution in [-0.4, -0.2) is 24.3 Å². The number of amides is 1. The Labute approximate surface area is 136 Å². The molecule has 0 saturated carbocycles. The fourth-order valence-electron chi connectivity index (χ4n) is 1.88. The number of aryl methyl sites for hydroxylation is 1. The Morgan fingerprint density at radius 1 is 1.14 bits per heavy atom. The lowest BCUT2D eigenvalue weighted by Gasteiger charge is -2.12. The molecule has 0 spiro atoms. The maximum atomic E-state index is 12.0. The third kappa shape index (κ3) is 5.45. The van der Waals surface area contributed by atoms with E-state index in [4.69, 9.17) is 4.74 Å². The Bertz CT molecular complexity index is 584. The molecule has 4 heteroatoms. The average Bonchev–Trinajstić information content (AvgIpc) is 2.54. The minimum Gasteiger partial charge on any atom is -0.492 e. The van der Waals surface area contributed by atoms with Gasteiger partial charge in [0.2, 0.25) is 5.91 Å². The van der Waals surface area contributed by atoms with E-state index in [1.165, 1.54) is 5.56 Å². The highest BCUT2D eigenvalue weighted by atomic mass is 32.2. The molecule has 2 aromatic rings. The number of hydrogen-bond donors (Lipinski definition) is 1. The molecular formula is C18H21NO2S.